The molecule has 1 amide bonds. The Bertz CT molecular complexity index is 856. The minimum absolute atomic E-state index is 0.0771. The van der Waals surface area contributed by atoms with Crippen LogP contribution in [-0.2, 0) is 6.42 Å². The molecule has 1 atom stereocenters. The van der Waals surface area contributed by atoms with Crippen LogP contribution in [0.15, 0.2) is 54.2 Å². The minimum atomic E-state index is -0.145. The molecular weight excluding hydrogens is 342 g/mol. The molecule has 0 saturated carbocycles. The van der Waals surface area contributed by atoms with Crippen LogP contribution in [0.4, 0.5) is 0 Å². The zero-order valence-electron chi connectivity index (χ0n) is 15.3. The highest BCUT2D eigenvalue weighted by Gasteiger charge is 2.15. The van der Waals surface area contributed by atoms with E-state index in [4.69, 9.17) is 0 Å². The van der Waals surface area contributed by atoms with Gasteiger partial charge in [0.15, 0.2) is 0 Å². The van der Waals surface area contributed by atoms with E-state index in [1.165, 1.54) is 5.56 Å². The van der Waals surface area contributed by atoms with Gasteiger partial charge in [-0.25, -0.2) is 4.98 Å². The van der Waals surface area contributed by atoms with Gasteiger partial charge in [-0.3, -0.25) is 9.78 Å². The number of carbonyl (C=O) groups is 1. The van der Waals surface area contributed by atoms with Crippen LogP contribution in [0.2, 0.25) is 0 Å². The van der Waals surface area contributed by atoms with Crippen molar-refractivity contribution < 1.29 is 4.79 Å². The maximum Gasteiger partial charge on any atom is 0.251 e. The summed E-state index contributed by atoms with van der Waals surface area (Å²) in [6.07, 6.45) is 4.56. The average molecular weight is 366 g/mol. The third-order valence-corrected chi connectivity index (χ3v) is 5.08. The number of nitrogens with one attached hydrogen (secondary N) is 1. The van der Waals surface area contributed by atoms with E-state index in [-0.39, 0.29) is 11.9 Å². The Labute approximate surface area is 158 Å². The van der Waals surface area contributed by atoms with Gasteiger partial charge in [-0.15, -0.1) is 11.3 Å². The van der Waals surface area contributed by atoms with Gasteiger partial charge >= 0.3 is 0 Å². The molecule has 0 aliphatic carbocycles. The lowest BCUT2D eigenvalue weighted by atomic mass is 10.0. The summed E-state index contributed by atoms with van der Waals surface area (Å²) >= 11 is 1.55. The summed E-state index contributed by atoms with van der Waals surface area (Å²) in [7, 11) is 0. The maximum atomic E-state index is 12.5. The number of amides is 1. The Morgan fingerprint density at radius 1 is 1.15 bits per heavy atom. The molecule has 26 heavy (non-hydrogen) atoms. The number of aromatic nitrogens is 2. The van der Waals surface area contributed by atoms with Gasteiger partial charge in [-0.2, -0.15) is 0 Å². The molecular formula is C21H23N3OS. The molecule has 2 heterocycles. The number of benzene rings is 1. The lowest BCUT2D eigenvalue weighted by Crippen LogP contribution is -2.26. The van der Waals surface area contributed by atoms with Crippen LogP contribution in [0, 0.1) is 5.92 Å². The molecule has 0 radical (unpaired) electrons. The summed E-state index contributed by atoms with van der Waals surface area (Å²) in [5.41, 5.74) is 3.80. The monoisotopic (exact) mass is 365 g/mol. The van der Waals surface area contributed by atoms with E-state index in [0.29, 0.717) is 11.5 Å². The van der Waals surface area contributed by atoms with Crippen LogP contribution in [0.1, 0.15) is 47.7 Å². The van der Waals surface area contributed by atoms with Gasteiger partial charge in [-0.1, -0.05) is 26.0 Å². The highest BCUT2D eigenvalue weighted by atomic mass is 32.1. The molecule has 1 unspecified atom stereocenters. The molecule has 1 N–H and O–H groups in total. The summed E-state index contributed by atoms with van der Waals surface area (Å²) in [4.78, 5) is 21.3. The smallest absolute Gasteiger partial charge is 0.251 e. The first kappa shape index (κ1) is 18.3. The van der Waals surface area contributed by atoms with Crippen molar-refractivity contribution in [1.29, 1.82) is 0 Å². The summed E-state index contributed by atoms with van der Waals surface area (Å²) in [5.74, 6) is 0.528. The number of thiazole rings is 1. The number of hydrogen-bond donors (Lipinski definition) is 1. The third kappa shape index (κ3) is 4.55. The molecule has 4 nitrogen and oxygen atoms in total. The standard InChI is InChI=1S/C21H23N3OS/c1-14(2)11-16-6-8-17(9-7-16)20(25)23-15(3)21-24-19(13-26-21)18-5-4-10-22-12-18/h4-10,12-15H,11H2,1-3H3,(H,23,25). The van der Waals surface area contributed by atoms with Gasteiger partial charge in [0.1, 0.15) is 5.01 Å². The van der Waals surface area contributed by atoms with Crippen LogP contribution < -0.4 is 5.32 Å². The fourth-order valence-corrected chi connectivity index (χ4v) is 3.57. The first-order valence-electron chi connectivity index (χ1n) is 8.78. The predicted molar refractivity (Wildman–Crippen MR) is 106 cm³/mol. The molecule has 1 aromatic carbocycles. The second-order valence-electron chi connectivity index (χ2n) is 6.80. The largest absolute Gasteiger partial charge is 0.343 e. The van der Waals surface area contributed by atoms with Crippen LogP contribution >= 0.6 is 11.3 Å². The topological polar surface area (TPSA) is 54.9 Å². The second kappa shape index (κ2) is 8.23. The van der Waals surface area contributed by atoms with E-state index in [9.17, 15) is 4.79 Å². The summed E-state index contributed by atoms with van der Waals surface area (Å²) in [6, 6.07) is 11.6. The highest BCUT2D eigenvalue weighted by molar-refractivity contribution is 7.10. The SMILES string of the molecule is CC(C)Cc1ccc(C(=O)NC(C)c2nc(-c3cccnc3)cs2)cc1. The van der Waals surface area contributed by atoms with Gasteiger partial charge in [0.25, 0.3) is 5.91 Å². The fourth-order valence-electron chi connectivity index (χ4n) is 2.74. The van der Waals surface area contributed by atoms with Crippen molar-refractivity contribution >= 4 is 17.2 Å². The normalized spacial score (nSPS) is 12.2. The van der Waals surface area contributed by atoms with Crippen molar-refractivity contribution in [3.8, 4) is 11.3 Å². The number of nitrogens with zero attached hydrogens (tertiary/aromatic N) is 2. The quantitative estimate of drug-likeness (QED) is 0.676. The second-order valence-corrected chi connectivity index (χ2v) is 7.69. The maximum absolute atomic E-state index is 12.5. The van der Waals surface area contributed by atoms with Crippen LogP contribution in [0.3, 0.4) is 0 Å². The van der Waals surface area contributed by atoms with E-state index in [2.05, 4.69) is 29.1 Å². The van der Waals surface area contributed by atoms with Crippen molar-refractivity contribution in [2.75, 3.05) is 0 Å². The van der Waals surface area contributed by atoms with Gasteiger partial charge in [-0.05, 0) is 49.1 Å². The van der Waals surface area contributed by atoms with Crippen molar-refractivity contribution in [3.05, 3.63) is 70.3 Å². The van der Waals surface area contributed by atoms with E-state index < -0.39 is 0 Å². The van der Waals surface area contributed by atoms with Crippen LogP contribution in [-0.4, -0.2) is 15.9 Å². The van der Waals surface area contributed by atoms with Crippen LogP contribution in [0.5, 0.6) is 0 Å². The Balaban J connectivity index is 1.65. The van der Waals surface area contributed by atoms with Crippen LogP contribution in [0.25, 0.3) is 11.3 Å². The molecule has 0 aliphatic rings. The predicted octanol–water partition coefficient (Wildman–Crippen LogP) is 4.89. The molecule has 0 fully saturated rings. The van der Waals surface area contributed by atoms with E-state index in [1.807, 2.05) is 48.7 Å². The fraction of sp³-hybridized carbons (Fsp3) is 0.286. The summed E-state index contributed by atoms with van der Waals surface area (Å²) in [6.45, 7) is 6.34. The Morgan fingerprint density at radius 2 is 1.92 bits per heavy atom. The van der Waals surface area contributed by atoms with E-state index in [1.54, 1.807) is 23.7 Å². The number of hydrogen-bond acceptors (Lipinski definition) is 4. The molecule has 0 aliphatic heterocycles. The molecule has 134 valence electrons. The lowest BCUT2D eigenvalue weighted by molar-refractivity contribution is 0.0940. The number of carbonyl (C=O) groups excluding carboxylic acids is 1. The van der Waals surface area contributed by atoms with E-state index in [0.717, 1.165) is 22.7 Å². The molecule has 3 rings (SSSR count). The molecule has 5 heteroatoms. The van der Waals surface area contributed by atoms with E-state index >= 15 is 0 Å². The lowest BCUT2D eigenvalue weighted by Gasteiger charge is -2.12. The summed E-state index contributed by atoms with van der Waals surface area (Å²) in [5, 5.41) is 5.91. The Morgan fingerprint density at radius 3 is 2.58 bits per heavy atom. The molecule has 3 aromatic rings. The first-order valence-corrected chi connectivity index (χ1v) is 9.66. The zero-order valence-corrected chi connectivity index (χ0v) is 16.1. The van der Waals surface area contributed by atoms with Crippen molar-refractivity contribution in [1.82, 2.24) is 15.3 Å². The van der Waals surface area contributed by atoms with Gasteiger partial charge in [0.05, 0.1) is 11.7 Å². The van der Waals surface area contributed by atoms with Crippen molar-refractivity contribution in [2.45, 2.75) is 33.2 Å². The summed E-state index contributed by atoms with van der Waals surface area (Å²) < 4.78 is 0. The van der Waals surface area contributed by atoms with Gasteiger partial charge in [0, 0.05) is 28.9 Å². The first-order chi connectivity index (χ1) is 12.5. The van der Waals surface area contributed by atoms with Gasteiger partial charge < -0.3 is 5.32 Å². The Hall–Kier alpha value is -2.53. The van der Waals surface area contributed by atoms with Crippen molar-refractivity contribution in [2.24, 2.45) is 5.92 Å². The van der Waals surface area contributed by atoms with Gasteiger partial charge in [0.2, 0.25) is 0 Å². The zero-order chi connectivity index (χ0) is 18.5. The number of pyridine rings is 1. The minimum Gasteiger partial charge on any atom is -0.343 e. The molecule has 0 saturated heterocycles. The van der Waals surface area contributed by atoms with Crippen molar-refractivity contribution in [3.63, 3.8) is 0 Å². The molecule has 2 aromatic heterocycles. The average Bonchev–Trinajstić information content (AvgIpc) is 3.13. The number of rotatable bonds is 6. The third-order valence-electron chi connectivity index (χ3n) is 4.06. The molecule has 0 spiro atoms. The highest BCUT2D eigenvalue weighted by Crippen LogP contribution is 2.25. The Kier molecular flexibility index (Phi) is 5.78. The molecule has 0 bridgehead atoms.